The molecule has 1 amide bonds. The van der Waals surface area contributed by atoms with Crippen molar-refractivity contribution in [1.82, 2.24) is 9.38 Å². The topological polar surface area (TPSA) is 81.9 Å². The Morgan fingerprint density at radius 2 is 1.82 bits per heavy atom. The van der Waals surface area contributed by atoms with Gasteiger partial charge in [0.2, 0.25) is 0 Å². The molecule has 0 bridgehead atoms. The van der Waals surface area contributed by atoms with Gasteiger partial charge in [-0.25, -0.2) is 9.37 Å². The van der Waals surface area contributed by atoms with Crippen molar-refractivity contribution in [3.63, 3.8) is 0 Å². The maximum Gasteiger partial charge on any atom is 0.262 e. The summed E-state index contributed by atoms with van der Waals surface area (Å²) >= 11 is 0. The smallest absolute Gasteiger partial charge is 0.262 e. The number of nitrogens with one attached hydrogen (secondary N) is 1. The summed E-state index contributed by atoms with van der Waals surface area (Å²) < 4.78 is 25.7. The van der Waals surface area contributed by atoms with Gasteiger partial charge in [0.1, 0.15) is 29.6 Å². The summed E-state index contributed by atoms with van der Waals surface area (Å²) in [5, 5.41) is 2.74. The highest BCUT2D eigenvalue weighted by Gasteiger charge is 2.09. The number of halogens is 1. The van der Waals surface area contributed by atoms with Gasteiger partial charge in [0, 0.05) is 24.0 Å². The first-order valence-electron chi connectivity index (χ1n) is 10.3. The van der Waals surface area contributed by atoms with Crippen LogP contribution in [0.5, 0.6) is 11.5 Å². The zero-order chi connectivity index (χ0) is 23.4. The highest BCUT2D eigenvalue weighted by molar-refractivity contribution is 5.92. The molecule has 8 heteroatoms. The minimum atomic E-state index is -0.377. The minimum Gasteiger partial charge on any atom is -0.487 e. The van der Waals surface area contributed by atoms with E-state index < -0.39 is 0 Å². The van der Waals surface area contributed by atoms with Crippen LogP contribution >= 0.6 is 0 Å². The molecule has 0 atom stereocenters. The highest BCUT2D eigenvalue weighted by atomic mass is 19.1. The van der Waals surface area contributed by atoms with E-state index in [1.807, 2.05) is 32.0 Å². The zero-order valence-corrected chi connectivity index (χ0v) is 18.2. The second-order valence-corrected chi connectivity index (χ2v) is 7.58. The van der Waals surface area contributed by atoms with E-state index in [4.69, 9.17) is 9.47 Å². The average molecular weight is 447 g/mol. The van der Waals surface area contributed by atoms with Gasteiger partial charge in [0.05, 0.1) is 5.69 Å². The number of fused-ring (bicyclic) bond motifs is 1. The van der Waals surface area contributed by atoms with Crippen molar-refractivity contribution in [3.8, 4) is 11.5 Å². The molecule has 0 aliphatic heterocycles. The lowest BCUT2D eigenvalue weighted by Gasteiger charge is -2.12. The molecule has 0 saturated carbocycles. The van der Waals surface area contributed by atoms with Gasteiger partial charge >= 0.3 is 0 Å². The van der Waals surface area contributed by atoms with Gasteiger partial charge in [0.15, 0.2) is 6.61 Å². The van der Waals surface area contributed by atoms with Crippen LogP contribution in [0.1, 0.15) is 16.8 Å². The number of aromatic nitrogens is 2. The first-order valence-corrected chi connectivity index (χ1v) is 10.3. The maximum atomic E-state index is 13.0. The highest BCUT2D eigenvalue weighted by Crippen LogP contribution is 2.23. The van der Waals surface area contributed by atoms with Gasteiger partial charge < -0.3 is 14.8 Å². The van der Waals surface area contributed by atoms with Crippen LogP contribution in [0, 0.1) is 19.7 Å². The van der Waals surface area contributed by atoms with E-state index in [1.54, 1.807) is 18.3 Å². The summed E-state index contributed by atoms with van der Waals surface area (Å²) in [4.78, 5) is 29.1. The summed E-state index contributed by atoms with van der Waals surface area (Å²) in [7, 11) is 0. The Morgan fingerprint density at radius 3 is 2.61 bits per heavy atom. The molecule has 0 fully saturated rings. The Hall–Kier alpha value is -4.20. The lowest BCUT2D eigenvalue weighted by atomic mass is 10.2. The molecule has 7 nitrogen and oxygen atoms in total. The van der Waals surface area contributed by atoms with Crippen molar-refractivity contribution in [1.29, 1.82) is 0 Å². The quantitative estimate of drug-likeness (QED) is 0.462. The number of ether oxygens (including phenoxy) is 2. The first kappa shape index (κ1) is 22.0. The van der Waals surface area contributed by atoms with E-state index in [2.05, 4.69) is 10.3 Å². The number of anilines is 1. The standard InChI is InChI=1S/C25H22FN3O4/c1-16-9-10-29-23(11-16)27-20(13-25(29)31)14-33-22-12-19(6-3-17(22)2)28-24(30)15-32-21-7-4-18(26)5-8-21/h3-13H,14-15H2,1-2H3,(H,28,30). The van der Waals surface area contributed by atoms with E-state index in [-0.39, 0.29) is 30.5 Å². The van der Waals surface area contributed by atoms with Gasteiger partial charge in [-0.2, -0.15) is 0 Å². The molecule has 0 aliphatic rings. The number of aryl methyl sites for hydroxylation is 2. The lowest BCUT2D eigenvalue weighted by molar-refractivity contribution is -0.118. The minimum absolute atomic E-state index is 0.103. The third-order valence-corrected chi connectivity index (χ3v) is 4.91. The fourth-order valence-corrected chi connectivity index (χ4v) is 3.19. The van der Waals surface area contributed by atoms with Crippen LogP contribution in [-0.2, 0) is 11.4 Å². The predicted octanol–water partition coefficient (Wildman–Crippen LogP) is 4.05. The van der Waals surface area contributed by atoms with Crippen molar-refractivity contribution in [2.24, 2.45) is 0 Å². The van der Waals surface area contributed by atoms with Crippen molar-refractivity contribution in [2.45, 2.75) is 20.5 Å². The molecule has 0 unspecified atom stereocenters. The molecule has 4 rings (SSSR count). The lowest BCUT2D eigenvalue weighted by Crippen LogP contribution is -2.20. The largest absolute Gasteiger partial charge is 0.487 e. The molecule has 0 spiro atoms. The molecule has 2 aromatic carbocycles. The van der Waals surface area contributed by atoms with Crippen LogP contribution in [0.25, 0.3) is 5.65 Å². The second kappa shape index (κ2) is 9.52. The van der Waals surface area contributed by atoms with Gasteiger partial charge in [-0.1, -0.05) is 6.07 Å². The molecule has 2 aromatic heterocycles. The normalized spacial score (nSPS) is 10.8. The maximum absolute atomic E-state index is 13.0. The molecule has 0 radical (unpaired) electrons. The fraction of sp³-hybridized carbons (Fsp3) is 0.160. The van der Waals surface area contributed by atoms with Crippen molar-refractivity contribution in [3.05, 3.63) is 99.9 Å². The molecule has 0 saturated heterocycles. The number of benzene rings is 2. The molecule has 4 aromatic rings. The van der Waals surface area contributed by atoms with Gasteiger partial charge in [0.25, 0.3) is 11.5 Å². The Labute approximate surface area is 189 Å². The second-order valence-electron chi connectivity index (χ2n) is 7.58. The van der Waals surface area contributed by atoms with Gasteiger partial charge in [-0.3, -0.25) is 14.0 Å². The Kier molecular flexibility index (Phi) is 6.35. The van der Waals surface area contributed by atoms with E-state index in [0.717, 1.165) is 11.1 Å². The SMILES string of the molecule is Cc1ccn2c(=O)cc(COc3cc(NC(=O)COc4ccc(F)cc4)ccc3C)nc2c1. The van der Waals surface area contributed by atoms with E-state index in [9.17, 15) is 14.0 Å². The van der Waals surface area contributed by atoms with Crippen LogP contribution < -0.4 is 20.3 Å². The van der Waals surface area contributed by atoms with Crippen molar-refractivity contribution >= 4 is 17.2 Å². The van der Waals surface area contributed by atoms with Crippen LogP contribution in [0.3, 0.4) is 0 Å². The molecule has 33 heavy (non-hydrogen) atoms. The number of carbonyl (C=O) groups is 1. The number of amides is 1. The number of hydrogen-bond donors (Lipinski definition) is 1. The third kappa shape index (κ3) is 5.54. The average Bonchev–Trinajstić information content (AvgIpc) is 2.79. The third-order valence-electron chi connectivity index (χ3n) is 4.91. The van der Waals surface area contributed by atoms with Crippen LogP contribution in [-0.4, -0.2) is 21.9 Å². The summed E-state index contributed by atoms with van der Waals surface area (Å²) in [6, 6.07) is 15.8. The first-order chi connectivity index (χ1) is 15.9. The van der Waals surface area contributed by atoms with E-state index in [0.29, 0.717) is 28.5 Å². The monoisotopic (exact) mass is 447 g/mol. The fourth-order valence-electron chi connectivity index (χ4n) is 3.19. The van der Waals surface area contributed by atoms with Crippen LogP contribution in [0.4, 0.5) is 10.1 Å². The molecular weight excluding hydrogens is 425 g/mol. The Bertz CT molecular complexity index is 1370. The zero-order valence-electron chi connectivity index (χ0n) is 18.2. The van der Waals surface area contributed by atoms with Crippen LogP contribution in [0.2, 0.25) is 0 Å². The predicted molar refractivity (Wildman–Crippen MR) is 122 cm³/mol. The summed E-state index contributed by atoms with van der Waals surface area (Å²) in [5.74, 6) is 0.207. The number of nitrogens with zero attached hydrogens (tertiary/aromatic N) is 2. The number of hydrogen-bond acceptors (Lipinski definition) is 5. The molecule has 2 heterocycles. The number of pyridine rings is 1. The Morgan fingerprint density at radius 1 is 1.03 bits per heavy atom. The van der Waals surface area contributed by atoms with E-state index >= 15 is 0 Å². The Balaban J connectivity index is 1.41. The number of carbonyl (C=O) groups excluding carboxylic acids is 1. The summed E-state index contributed by atoms with van der Waals surface area (Å²) in [6.07, 6.45) is 1.70. The molecule has 0 aliphatic carbocycles. The van der Waals surface area contributed by atoms with Crippen molar-refractivity contribution in [2.75, 3.05) is 11.9 Å². The molecule has 1 N–H and O–H groups in total. The van der Waals surface area contributed by atoms with Gasteiger partial charge in [-0.05, 0) is 67.4 Å². The molecule has 168 valence electrons. The summed E-state index contributed by atoms with van der Waals surface area (Å²) in [6.45, 7) is 3.69. The van der Waals surface area contributed by atoms with Crippen LogP contribution in [0.15, 0.2) is 71.7 Å². The summed E-state index contributed by atoms with van der Waals surface area (Å²) in [5.41, 5.74) is 3.28. The van der Waals surface area contributed by atoms with Crippen molar-refractivity contribution < 1.29 is 18.7 Å². The number of rotatable bonds is 7. The van der Waals surface area contributed by atoms with Gasteiger partial charge in [-0.15, -0.1) is 0 Å². The van der Waals surface area contributed by atoms with E-state index in [1.165, 1.54) is 34.7 Å². The molecular formula is C25H22FN3O4.